The van der Waals surface area contributed by atoms with E-state index < -0.39 is 10.8 Å². The first-order valence-electron chi connectivity index (χ1n) is 5.41. The van der Waals surface area contributed by atoms with Crippen molar-refractivity contribution in [2.45, 2.75) is 31.2 Å². The highest BCUT2D eigenvalue weighted by molar-refractivity contribution is 7.86. The lowest BCUT2D eigenvalue weighted by atomic mass is 10.3. The molecule has 0 saturated heterocycles. The number of nitrogens with two attached hydrogens (primary N) is 1. The summed E-state index contributed by atoms with van der Waals surface area (Å²) in [7, 11) is -1.42. The van der Waals surface area contributed by atoms with Gasteiger partial charge in [-0.25, -0.2) is 0 Å². The summed E-state index contributed by atoms with van der Waals surface area (Å²) in [4.78, 5) is 15.8. The molecule has 1 aromatic rings. The van der Waals surface area contributed by atoms with Crippen molar-refractivity contribution in [1.82, 2.24) is 10.3 Å². The van der Waals surface area contributed by atoms with Crippen molar-refractivity contribution in [2.24, 2.45) is 0 Å². The Hall–Kier alpha value is -1.43. The Kier molecular flexibility index (Phi) is 5.09. The van der Waals surface area contributed by atoms with Crippen LogP contribution in [-0.4, -0.2) is 26.9 Å². The van der Waals surface area contributed by atoms with Crippen LogP contribution in [0.4, 0.5) is 5.69 Å². The number of anilines is 1. The molecule has 0 bridgehead atoms. The summed E-state index contributed by atoms with van der Waals surface area (Å²) in [5, 5.41) is 2.76. The average molecular weight is 255 g/mol. The lowest BCUT2D eigenvalue weighted by Crippen LogP contribution is -2.35. The minimum Gasteiger partial charge on any atom is -0.396 e. The number of aromatic nitrogens is 1. The van der Waals surface area contributed by atoms with E-state index in [-0.39, 0.29) is 17.7 Å². The normalized spacial score (nSPS) is 14.0. The van der Waals surface area contributed by atoms with Crippen LogP contribution < -0.4 is 11.1 Å². The van der Waals surface area contributed by atoms with Crippen LogP contribution in [0.25, 0.3) is 0 Å². The van der Waals surface area contributed by atoms with Crippen LogP contribution >= 0.6 is 0 Å². The van der Waals surface area contributed by atoms with Gasteiger partial charge in [-0.1, -0.05) is 6.92 Å². The fourth-order valence-electron chi connectivity index (χ4n) is 1.22. The van der Waals surface area contributed by atoms with Crippen molar-refractivity contribution in [2.75, 3.05) is 11.5 Å². The Balaban J connectivity index is 2.61. The Morgan fingerprint density at radius 3 is 2.94 bits per heavy atom. The van der Waals surface area contributed by atoms with E-state index in [1.54, 1.807) is 6.07 Å². The highest BCUT2D eigenvalue weighted by Crippen LogP contribution is 2.13. The number of carbonyl (C=O) groups is 1. The predicted molar refractivity (Wildman–Crippen MR) is 67.8 cm³/mol. The van der Waals surface area contributed by atoms with Crippen LogP contribution in [0.5, 0.6) is 0 Å². The van der Waals surface area contributed by atoms with E-state index in [1.807, 2.05) is 13.8 Å². The topological polar surface area (TPSA) is 85.1 Å². The summed E-state index contributed by atoms with van der Waals surface area (Å²) in [5.41, 5.74) is 5.99. The second-order valence-electron chi connectivity index (χ2n) is 3.78. The first kappa shape index (κ1) is 13.6. The lowest BCUT2D eigenvalue weighted by Gasteiger charge is -2.11. The Morgan fingerprint density at radius 1 is 1.65 bits per heavy atom. The van der Waals surface area contributed by atoms with E-state index in [1.165, 1.54) is 12.4 Å². The van der Waals surface area contributed by atoms with Crippen LogP contribution in [-0.2, 0) is 15.6 Å². The molecule has 0 aromatic carbocycles. The first-order chi connectivity index (χ1) is 8.04. The number of rotatable bonds is 5. The zero-order valence-corrected chi connectivity index (χ0v) is 10.8. The summed E-state index contributed by atoms with van der Waals surface area (Å²) in [6, 6.07) is 1.66. The maximum Gasteiger partial charge on any atom is 0.233 e. The molecule has 2 unspecified atom stereocenters. The van der Waals surface area contributed by atoms with Crippen molar-refractivity contribution in [3.63, 3.8) is 0 Å². The molecule has 1 aromatic heterocycles. The van der Waals surface area contributed by atoms with Gasteiger partial charge in [0.05, 0.1) is 27.6 Å². The van der Waals surface area contributed by atoms with Gasteiger partial charge in [0.25, 0.3) is 0 Å². The van der Waals surface area contributed by atoms with E-state index in [0.717, 1.165) is 6.42 Å². The number of hydrogen-bond donors (Lipinski definition) is 2. The fraction of sp³-hybridized carbons (Fsp3) is 0.455. The summed E-state index contributed by atoms with van der Waals surface area (Å²) < 4.78 is 11.9. The van der Waals surface area contributed by atoms with Gasteiger partial charge in [-0.05, 0) is 19.4 Å². The molecule has 2 atom stereocenters. The Bertz CT molecular complexity index is 423. The van der Waals surface area contributed by atoms with Crippen LogP contribution in [0.1, 0.15) is 20.3 Å². The summed E-state index contributed by atoms with van der Waals surface area (Å²) >= 11 is 0. The third-order valence-corrected chi connectivity index (χ3v) is 3.72. The molecule has 0 spiro atoms. The van der Waals surface area contributed by atoms with Crippen LogP contribution in [0.15, 0.2) is 23.4 Å². The van der Waals surface area contributed by atoms with Gasteiger partial charge in [-0.3, -0.25) is 14.0 Å². The molecule has 0 radical (unpaired) electrons. The zero-order chi connectivity index (χ0) is 12.8. The molecule has 0 aliphatic carbocycles. The summed E-state index contributed by atoms with van der Waals surface area (Å²) in [5.74, 6) is -0.299. The minimum atomic E-state index is -1.42. The minimum absolute atomic E-state index is 0.0709. The number of amides is 1. The standard InChI is InChI=1S/C11H17N3O2S/c1-3-8(2)14-11(15)7-17(16)10-4-5-13-6-9(10)12/h4-6,8H,3,7,12H2,1-2H3,(H,14,15). The van der Waals surface area contributed by atoms with Gasteiger partial charge in [-0.15, -0.1) is 0 Å². The molecule has 17 heavy (non-hydrogen) atoms. The number of hydrogen-bond acceptors (Lipinski definition) is 4. The van der Waals surface area contributed by atoms with Crippen LogP contribution in [0.3, 0.4) is 0 Å². The van der Waals surface area contributed by atoms with Gasteiger partial charge in [0.1, 0.15) is 5.75 Å². The smallest absolute Gasteiger partial charge is 0.233 e. The highest BCUT2D eigenvalue weighted by Gasteiger charge is 2.13. The van der Waals surface area contributed by atoms with Crippen molar-refractivity contribution >= 4 is 22.4 Å². The maximum absolute atomic E-state index is 11.9. The van der Waals surface area contributed by atoms with Crippen molar-refractivity contribution < 1.29 is 9.00 Å². The second-order valence-corrected chi connectivity index (χ2v) is 5.20. The maximum atomic E-state index is 11.9. The number of carbonyl (C=O) groups excluding carboxylic acids is 1. The predicted octanol–water partition coefficient (Wildman–Crippen LogP) is 0.686. The molecule has 0 fully saturated rings. The molecule has 5 nitrogen and oxygen atoms in total. The van der Waals surface area contributed by atoms with Gasteiger partial charge in [0.15, 0.2) is 0 Å². The van der Waals surface area contributed by atoms with Gasteiger partial charge in [0.2, 0.25) is 5.91 Å². The molecular weight excluding hydrogens is 238 g/mol. The number of nitrogen functional groups attached to an aromatic ring is 1. The average Bonchev–Trinajstić information content (AvgIpc) is 2.29. The largest absolute Gasteiger partial charge is 0.396 e. The van der Waals surface area contributed by atoms with Crippen LogP contribution in [0, 0.1) is 0 Å². The SMILES string of the molecule is CCC(C)NC(=O)CS(=O)c1ccncc1N. The molecule has 0 aliphatic rings. The van der Waals surface area contributed by atoms with E-state index in [0.29, 0.717) is 10.6 Å². The third kappa shape index (κ3) is 4.14. The van der Waals surface area contributed by atoms with E-state index in [4.69, 9.17) is 5.73 Å². The molecule has 0 saturated carbocycles. The van der Waals surface area contributed by atoms with Gasteiger partial charge < -0.3 is 11.1 Å². The quantitative estimate of drug-likeness (QED) is 0.810. The summed E-state index contributed by atoms with van der Waals surface area (Å²) in [6.07, 6.45) is 3.78. The van der Waals surface area contributed by atoms with Gasteiger partial charge in [0, 0.05) is 12.2 Å². The molecule has 1 heterocycles. The Labute approximate surface area is 103 Å². The van der Waals surface area contributed by atoms with E-state index >= 15 is 0 Å². The number of nitrogens with one attached hydrogen (secondary N) is 1. The first-order valence-corrected chi connectivity index (χ1v) is 6.73. The molecule has 1 amide bonds. The van der Waals surface area contributed by atoms with Gasteiger partial charge in [-0.2, -0.15) is 0 Å². The molecule has 6 heteroatoms. The molecule has 3 N–H and O–H groups in total. The zero-order valence-electron chi connectivity index (χ0n) is 9.97. The van der Waals surface area contributed by atoms with E-state index in [2.05, 4.69) is 10.3 Å². The van der Waals surface area contributed by atoms with Crippen molar-refractivity contribution in [1.29, 1.82) is 0 Å². The molecule has 0 aliphatic heterocycles. The van der Waals surface area contributed by atoms with Crippen LogP contribution in [0.2, 0.25) is 0 Å². The second kappa shape index (κ2) is 6.34. The molecule has 1 rings (SSSR count). The third-order valence-electron chi connectivity index (χ3n) is 2.34. The molecule has 94 valence electrons. The highest BCUT2D eigenvalue weighted by atomic mass is 32.2. The van der Waals surface area contributed by atoms with Gasteiger partial charge >= 0.3 is 0 Å². The number of nitrogens with zero attached hydrogens (tertiary/aromatic N) is 1. The lowest BCUT2D eigenvalue weighted by molar-refractivity contribution is -0.119. The van der Waals surface area contributed by atoms with Crippen molar-refractivity contribution in [3.05, 3.63) is 18.5 Å². The molecular formula is C11H17N3O2S. The monoisotopic (exact) mass is 255 g/mol. The Morgan fingerprint density at radius 2 is 2.35 bits per heavy atom. The van der Waals surface area contributed by atoms with Crippen molar-refractivity contribution in [3.8, 4) is 0 Å². The summed E-state index contributed by atoms with van der Waals surface area (Å²) in [6.45, 7) is 3.88. The van der Waals surface area contributed by atoms with E-state index in [9.17, 15) is 9.00 Å². The number of pyridine rings is 1. The fourth-order valence-corrected chi connectivity index (χ4v) is 2.22.